The summed E-state index contributed by atoms with van der Waals surface area (Å²) in [6.07, 6.45) is 3.62. The van der Waals surface area contributed by atoms with Gasteiger partial charge in [0.15, 0.2) is 0 Å². The molecular formula is C14H18Br2O3. The van der Waals surface area contributed by atoms with E-state index >= 15 is 0 Å². The molecule has 0 amide bonds. The van der Waals surface area contributed by atoms with Gasteiger partial charge in [0, 0.05) is 12.2 Å². The van der Waals surface area contributed by atoms with Gasteiger partial charge in [0.1, 0.15) is 11.5 Å². The Kier molecular flexibility index (Phi) is 5.54. The van der Waals surface area contributed by atoms with E-state index in [0.29, 0.717) is 0 Å². The number of alkyl halides is 1. The summed E-state index contributed by atoms with van der Waals surface area (Å²) < 4.78 is 17.6. The summed E-state index contributed by atoms with van der Waals surface area (Å²) in [5, 5.41) is 0. The highest BCUT2D eigenvalue weighted by Crippen LogP contribution is 2.42. The van der Waals surface area contributed by atoms with Gasteiger partial charge in [-0.05, 0) is 47.3 Å². The Hall–Kier alpha value is -0.260. The van der Waals surface area contributed by atoms with Crippen molar-refractivity contribution >= 4 is 31.9 Å². The van der Waals surface area contributed by atoms with E-state index in [1.165, 1.54) is 6.42 Å². The number of methoxy groups -OCH3 is 2. The van der Waals surface area contributed by atoms with Gasteiger partial charge in [0.25, 0.3) is 0 Å². The maximum atomic E-state index is 5.84. The third-order valence-electron chi connectivity index (χ3n) is 3.34. The van der Waals surface area contributed by atoms with Gasteiger partial charge in [-0.2, -0.15) is 0 Å². The third-order valence-corrected chi connectivity index (χ3v) is 5.05. The lowest BCUT2D eigenvalue weighted by molar-refractivity contribution is 0.0157. The lowest BCUT2D eigenvalue weighted by Gasteiger charge is -2.28. The highest BCUT2D eigenvalue weighted by molar-refractivity contribution is 9.10. The number of benzene rings is 1. The zero-order valence-corrected chi connectivity index (χ0v) is 14.3. The van der Waals surface area contributed by atoms with Crippen molar-refractivity contribution in [1.29, 1.82) is 0 Å². The van der Waals surface area contributed by atoms with Gasteiger partial charge in [-0.1, -0.05) is 15.9 Å². The summed E-state index contributed by atoms with van der Waals surface area (Å²) in [4.78, 5) is 0.116. The molecule has 1 fully saturated rings. The van der Waals surface area contributed by atoms with Crippen LogP contribution in [-0.2, 0) is 4.74 Å². The molecule has 0 N–H and O–H groups in total. The van der Waals surface area contributed by atoms with E-state index < -0.39 is 0 Å². The molecule has 1 aromatic carbocycles. The molecule has 0 aliphatic carbocycles. The van der Waals surface area contributed by atoms with Gasteiger partial charge in [0.05, 0.1) is 29.6 Å². The van der Waals surface area contributed by atoms with Crippen molar-refractivity contribution in [3.63, 3.8) is 0 Å². The molecule has 1 heterocycles. The normalized spacial score (nSPS) is 20.9. The van der Waals surface area contributed by atoms with Crippen molar-refractivity contribution in [3.05, 3.63) is 22.2 Å². The SMILES string of the molecule is COc1cc(C(Br)C2CCCCO2)c(OC)cc1Br. The summed E-state index contributed by atoms with van der Waals surface area (Å²) in [6.45, 7) is 0.836. The number of ether oxygens (including phenoxy) is 3. The van der Waals surface area contributed by atoms with E-state index in [9.17, 15) is 0 Å². The van der Waals surface area contributed by atoms with Crippen molar-refractivity contribution in [3.8, 4) is 11.5 Å². The molecule has 0 spiro atoms. The molecular weight excluding hydrogens is 376 g/mol. The van der Waals surface area contributed by atoms with Crippen molar-refractivity contribution in [2.24, 2.45) is 0 Å². The minimum Gasteiger partial charge on any atom is -0.496 e. The summed E-state index contributed by atoms with van der Waals surface area (Å²) in [5.74, 6) is 1.64. The second kappa shape index (κ2) is 6.95. The van der Waals surface area contributed by atoms with E-state index in [1.54, 1.807) is 14.2 Å². The number of hydrogen-bond donors (Lipinski definition) is 0. The molecule has 0 aromatic heterocycles. The molecule has 2 unspecified atom stereocenters. The monoisotopic (exact) mass is 392 g/mol. The van der Waals surface area contributed by atoms with Crippen LogP contribution in [0.3, 0.4) is 0 Å². The number of halogens is 2. The van der Waals surface area contributed by atoms with Crippen LogP contribution in [0.5, 0.6) is 11.5 Å². The highest BCUT2D eigenvalue weighted by Gasteiger charge is 2.27. The Morgan fingerprint density at radius 1 is 1.21 bits per heavy atom. The van der Waals surface area contributed by atoms with Crippen LogP contribution in [0.4, 0.5) is 0 Å². The standard InChI is InChI=1S/C14H18Br2O3/c1-17-12-8-10(15)13(18-2)7-9(12)14(16)11-5-3-4-6-19-11/h7-8,11,14H,3-6H2,1-2H3. The van der Waals surface area contributed by atoms with Crippen LogP contribution in [0.25, 0.3) is 0 Å². The van der Waals surface area contributed by atoms with Crippen LogP contribution in [0.15, 0.2) is 16.6 Å². The Bertz CT molecular complexity index is 431. The van der Waals surface area contributed by atoms with Gasteiger partial charge in [0.2, 0.25) is 0 Å². The Labute approximate surface area is 130 Å². The predicted molar refractivity (Wildman–Crippen MR) is 82.5 cm³/mol. The summed E-state index contributed by atoms with van der Waals surface area (Å²) in [5.41, 5.74) is 1.06. The third kappa shape index (κ3) is 3.44. The average molecular weight is 394 g/mol. The second-order valence-electron chi connectivity index (χ2n) is 4.54. The minimum atomic E-state index is 0.116. The van der Waals surface area contributed by atoms with Crippen LogP contribution in [0.1, 0.15) is 29.7 Å². The first-order chi connectivity index (χ1) is 9.17. The molecule has 0 bridgehead atoms. The summed E-state index contributed by atoms with van der Waals surface area (Å²) in [7, 11) is 3.34. The van der Waals surface area contributed by atoms with E-state index in [0.717, 1.165) is 41.0 Å². The zero-order chi connectivity index (χ0) is 13.8. The molecule has 1 aromatic rings. The molecule has 19 heavy (non-hydrogen) atoms. The van der Waals surface area contributed by atoms with Crippen molar-refractivity contribution in [1.82, 2.24) is 0 Å². The topological polar surface area (TPSA) is 27.7 Å². The Morgan fingerprint density at radius 2 is 1.95 bits per heavy atom. The van der Waals surface area contributed by atoms with Gasteiger partial charge < -0.3 is 14.2 Å². The fraction of sp³-hybridized carbons (Fsp3) is 0.571. The first kappa shape index (κ1) is 15.1. The molecule has 1 aliphatic heterocycles. The molecule has 3 nitrogen and oxygen atoms in total. The molecule has 1 saturated heterocycles. The van der Waals surface area contributed by atoms with Crippen LogP contribution < -0.4 is 9.47 Å². The molecule has 0 saturated carbocycles. The highest BCUT2D eigenvalue weighted by atomic mass is 79.9. The Balaban J connectivity index is 2.30. The van der Waals surface area contributed by atoms with Gasteiger partial charge in [-0.3, -0.25) is 0 Å². The quantitative estimate of drug-likeness (QED) is 0.706. The zero-order valence-electron chi connectivity index (χ0n) is 11.1. The van der Waals surface area contributed by atoms with Gasteiger partial charge in [-0.25, -0.2) is 0 Å². The fourth-order valence-corrected chi connectivity index (χ4v) is 3.56. The van der Waals surface area contributed by atoms with Crippen molar-refractivity contribution in [2.75, 3.05) is 20.8 Å². The lowest BCUT2D eigenvalue weighted by Crippen LogP contribution is -2.23. The maximum absolute atomic E-state index is 5.84. The summed E-state index contributed by atoms with van der Waals surface area (Å²) in [6, 6.07) is 3.94. The van der Waals surface area contributed by atoms with E-state index in [2.05, 4.69) is 31.9 Å². The first-order valence-electron chi connectivity index (χ1n) is 6.34. The van der Waals surface area contributed by atoms with Crippen LogP contribution in [0.2, 0.25) is 0 Å². The van der Waals surface area contributed by atoms with E-state index in [1.807, 2.05) is 12.1 Å². The van der Waals surface area contributed by atoms with E-state index in [4.69, 9.17) is 14.2 Å². The van der Waals surface area contributed by atoms with Crippen LogP contribution in [0, 0.1) is 0 Å². The van der Waals surface area contributed by atoms with Crippen molar-refractivity contribution in [2.45, 2.75) is 30.2 Å². The van der Waals surface area contributed by atoms with Crippen LogP contribution >= 0.6 is 31.9 Å². The Morgan fingerprint density at radius 3 is 2.53 bits per heavy atom. The number of hydrogen-bond acceptors (Lipinski definition) is 3. The minimum absolute atomic E-state index is 0.116. The molecule has 2 atom stereocenters. The fourth-order valence-electron chi connectivity index (χ4n) is 2.30. The van der Waals surface area contributed by atoms with Gasteiger partial charge in [-0.15, -0.1) is 0 Å². The molecule has 5 heteroatoms. The second-order valence-corrected chi connectivity index (χ2v) is 6.38. The largest absolute Gasteiger partial charge is 0.496 e. The first-order valence-corrected chi connectivity index (χ1v) is 8.05. The van der Waals surface area contributed by atoms with Gasteiger partial charge >= 0.3 is 0 Å². The van der Waals surface area contributed by atoms with E-state index in [-0.39, 0.29) is 10.9 Å². The average Bonchev–Trinajstić information content (AvgIpc) is 2.47. The number of rotatable bonds is 4. The maximum Gasteiger partial charge on any atom is 0.133 e. The van der Waals surface area contributed by atoms with Crippen LogP contribution in [-0.4, -0.2) is 26.9 Å². The lowest BCUT2D eigenvalue weighted by atomic mass is 10.00. The van der Waals surface area contributed by atoms with Crippen molar-refractivity contribution < 1.29 is 14.2 Å². The molecule has 2 rings (SSSR count). The molecule has 106 valence electrons. The predicted octanol–water partition coefficient (Wildman–Crippen LogP) is 4.47. The molecule has 0 radical (unpaired) electrons. The molecule has 1 aliphatic rings. The summed E-state index contributed by atoms with van der Waals surface area (Å²) >= 11 is 7.23. The smallest absolute Gasteiger partial charge is 0.133 e.